The number of ether oxygens (including phenoxy) is 2. The van der Waals surface area contributed by atoms with Crippen LogP contribution in [-0.2, 0) is 9.53 Å². The maximum atomic E-state index is 12.6. The number of nitriles is 1. The summed E-state index contributed by atoms with van der Waals surface area (Å²) in [6.45, 7) is 1.38. The van der Waals surface area contributed by atoms with Crippen LogP contribution >= 0.6 is 11.6 Å². The van der Waals surface area contributed by atoms with E-state index in [9.17, 15) is 14.7 Å². The molecule has 7 nitrogen and oxygen atoms in total. The minimum atomic E-state index is -0.864. The van der Waals surface area contributed by atoms with Crippen LogP contribution in [0, 0.1) is 18.3 Å². The minimum absolute atomic E-state index is 0.109. The number of amides is 1. The number of halogens is 1. The molecule has 146 valence electrons. The molecule has 0 aliphatic carbocycles. The average molecular weight is 403 g/mol. The smallest absolute Gasteiger partial charge is 0.342 e. The second-order valence-corrected chi connectivity index (χ2v) is 6.23. The third-order valence-corrected chi connectivity index (χ3v) is 4.39. The molecule has 8 heteroatoms. The first-order chi connectivity index (χ1) is 13.4. The molecule has 0 aliphatic rings. The fourth-order valence-electron chi connectivity index (χ4n) is 2.49. The van der Waals surface area contributed by atoms with Crippen molar-refractivity contribution in [2.24, 2.45) is 0 Å². The SMILES string of the molecule is COc1cccc(C(=O)OCC(=O)N(CCC#N)c2ccc(Cl)c(C)c2)c1O. The topological polar surface area (TPSA) is 99.9 Å². The van der Waals surface area contributed by atoms with E-state index in [1.807, 2.05) is 6.07 Å². The number of rotatable bonds is 7. The third-order valence-electron chi connectivity index (χ3n) is 3.97. The van der Waals surface area contributed by atoms with Gasteiger partial charge in [0.2, 0.25) is 0 Å². The van der Waals surface area contributed by atoms with Gasteiger partial charge in [-0.1, -0.05) is 17.7 Å². The highest BCUT2D eigenvalue weighted by molar-refractivity contribution is 6.31. The Hall–Kier alpha value is -3.24. The van der Waals surface area contributed by atoms with Gasteiger partial charge in [0, 0.05) is 17.3 Å². The third kappa shape index (κ3) is 4.93. The Labute approximate surface area is 167 Å². The molecule has 2 aromatic carbocycles. The Balaban J connectivity index is 2.14. The second-order valence-electron chi connectivity index (χ2n) is 5.82. The molecule has 0 fully saturated rings. The molecule has 0 bridgehead atoms. The largest absolute Gasteiger partial charge is 0.504 e. The van der Waals surface area contributed by atoms with E-state index in [1.165, 1.54) is 30.2 Å². The van der Waals surface area contributed by atoms with Crippen molar-refractivity contribution in [1.29, 1.82) is 5.26 Å². The summed E-state index contributed by atoms with van der Waals surface area (Å²) in [4.78, 5) is 26.2. The Morgan fingerprint density at radius 1 is 1.29 bits per heavy atom. The number of benzene rings is 2. The standard InChI is InChI=1S/C20H19ClN2O5/c1-13-11-14(7-8-16(13)21)23(10-4-9-22)18(24)12-28-20(26)15-5-3-6-17(27-2)19(15)25/h3,5-8,11,25H,4,10,12H2,1-2H3. The lowest BCUT2D eigenvalue weighted by molar-refractivity contribution is -0.121. The van der Waals surface area contributed by atoms with Crippen LogP contribution in [0.5, 0.6) is 11.5 Å². The van der Waals surface area contributed by atoms with Gasteiger partial charge in [0.1, 0.15) is 5.56 Å². The van der Waals surface area contributed by atoms with Gasteiger partial charge in [0.25, 0.3) is 5.91 Å². The number of phenols is 1. The number of nitrogens with zero attached hydrogens (tertiary/aromatic N) is 2. The van der Waals surface area contributed by atoms with Crippen LogP contribution in [0.1, 0.15) is 22.3 Å². The van der Waals surface area contributed by atoms with Crippen molar-refractivity contribution < 1.29 is 24.2 Å². The molecule has 1 N–H and O–H groups in total. The highest BCUT2D eigenvalue weighted by Crippen LogP contribution is 2.30. The van der Waals surface area contributed by atoms with Crippen LogP contribution in [0.25, 0.3) is 0 Å². The molecule has 2 rings (SSSR count). The van der Waals surface area contributed by atoms with Crippen LogP contribution in [-0.4, -0.2) is 37.2 Å². The first-order valence-corrected chi connectivity index (χ1v) is 8.73. The second kappa shape index (κ2) is 9.62. The van der Waals surface area contributed by atoms with Crippen molar-refractivity contribution in [1.82, 2.24) is 0 Å². The van der Waals surface area contributed by atoms with Gasteiger partial charge in [-0.2, -0.15) is 5.26 Å². The summed E-state index contributed by atoms with van der Waals surface area (Å²) in [5.74, 6) is -1.62. The minimum Gasteiger partial charge on any atom is -0.504 e. The molecule has 0 aliphatic heterocycles. The molecule has 0 aromatic heterocycles. The van der Waals surface area contributed by atoms with E-state index in [0.717, 1.165) is 5.56 Å². The van der Waals surface area contributed by atoms with Crippen LogP contribution in [0.2, 0.25) is 5.02 Å². The number of phenolic OH excluding ortho intramolecular Hbond substituents is 1. The summed E-state index contributed by atoms with van der Waals surface area (Å²) in [6.07, 6.45) is 0.109. The number of hydrogen-bond acceptors (Lipinski definition) is 6. The van der Waals surface area contributed by atoms with E-state index >= 15 is 0 Å². The van der Waals surface area contributed by atoms with Gasteiger partial charge < -0.3 is 19.5 Å². The summed E-state index contributed by atoms with van der Waals surface area (Å²) in [5, 5.41) is 19.4. The molecule has 1 amide bonds. The van der Waals surface area contributed by atoms with Crippen LogP contribution in [0.15, 0.2) is 36.4 Å². The van der Waals surface area contributed by atoms with E-state index in [0.29, 0.717) is 10.7 Å². The first kappa shape index (κ1) is 21.1. The molecule has 28 heavy (non-hydrogen) atoms. The summed E-state index contributed by atoms with van der Waals surface area (Å²) >= 11 is 6.02. The predicted molar refractivity (Wildman–Crippen MR) is 104 cm³/mol. The number of hydrogen-bond donors (Lipinski definition) is 1. The fraction of sp³-hybridized carbons (Fsp3) is 0.250. The lowest BCUT2D eigenvalue weighted by Crippen LogP contribution is -2.35. The number of methoxy groups -OCH3 is 1. The Morgan fingerprint density at radius 2 is 2.04 bits per heavy atom. The molecular weight excluding hydrogens is 384 g/mol. The fourth-order valence-corrected chi connectivity index (χ4v) is 2.61. The molecule has 0 heterocycles. The van der Waals surface area contributed by atoms with E-state index in [4.69, 9.17) is 26.3 Å². The highest BCUT2D eigenvalue weighted by Gasteiger charge is 2.21. The van der Waals surface area contributed by atoms with Crippen LogP contribution in [0.3, 0.4) is 0 Å². The lowest BCUT2D eigenvalue weighted by atomic mass is 10.2. The van der Waals surface area contributed by atoms with E-state index in [2.05, 4.69) is 0 Å². The van der Waals surface area contributed by atoms with Crippen molar-refractivity contribution in [2.45, 2.75) is 13.3 Å². The van der Waals surface area contributed by atoms with Crippen molar-refractivity contribution >= 4 is 29.2 Å². The van der Waals surface area contributed by atoms with Gasteiger partial charge in [0.05, 0.1) is 19.6 Å². The number of aryl methyl sites for hydroxylation is 1. The average Bonchev–Trinajstić information content (AvgIpc) is 2.69. The molecule has 2 aromatic rings. The summed E-state index contributed by atoms with van der Waals surface area (Å²) in [7, 11) is 1.36. The van der Waals surface area contributed by atoms with Gasteiger partial charge in [-0.25, -0.2) is 4.79 Å². The summed E-state index contributed by atoms with van der Waals surface area (Å²) < 4.78 is 10.0. The lowest BCUT2D eigenvalue weighted by Gasteiger charge is -2.22. The van der Waals surface area contributed by atoms with Gasteiger partial charge in [-0.05, 0) is 42.8 Å². The van der Waals surface area contributed by atoms with Crippen LogP contribution in [0.4, 0.5) is 5.69 Å². The number of esters is 1. The molecular formula is C20H19ClN2O5. The summed E-state index contributed by atoms with van der Waals surface area (Å²) in [6, 6.07) is 11.4. The van der Waals surface area contributed by atoms with Gasteiger partial charge in [0.15, 0.2) is 18.1 Å². The zero-order chi connectivity index (χ0) is 20.7. The number of carbonyl (C=O) groups excluding carboxylic acids is 2. The van der Waals surface area contributed by atoms with E-state index in [1.54, 1.807) is 25.1 Å². The normalized spacial score (nSPS) is 10.1. The molecule has 0 saturated heterocycles. The van der Waals surface area contributed by atoms with Crippen molar-refractivity contribution in [3.05, 3.63) is 52.5 Å². The number of anilines is 1. The number of carbonyl (C=O) groups is 2. The van der Waals surface area contributed by atoms with Crippen molar-refractivity contribution in [3.8, 4) is 17.6 Å². The van der Waals surface area contributed by atoms with Crippen LogP contribution < -0.4 is 9.64 Å². The maximum Gasteiger partial charge on any atom is 0.342 e. The van der Waals surface area contributed by atoms with Gasteiger partial charge >= 0.3 is 5.97 Å². The Morgan fingerprint density at radius 3 is 2.68 bits per heavy atom. The molecule has 0 unspecified atom stereocenters. The predicted octanol–water partition coefficient (Wildman–Crippen LogP) is 3.47. The first-order valence-electron chi connectivity index (χ1n) is 8.35. The Bertz CT molecular complexity index is 923. The molecule has 0 atom stereocenters. The maximum absolute atomic E-state index is 12.6. The van der Waals surface area contributed by atoms with E-state index < -0.39 is 18.5 Å². The zero-order valence-electron chi connectivity index (χ0n) is 15.4. The quantitative estimate of drug-likeness (QED) is 0.712. The zero-order valence-corrected chi connectivity index (χ0v) is 16.2. The number of para-hydroxylation sites is 1. The molecule has 0 saturated carbocycles. The molecule has 0 spiro atoms. The van der Waals surface area contributed by atoms with E-state index in [-0.39, 0.29) is 30.0 Å². The molecule has 0 radical (unpaired) electrons. The van der Waals surface area contributed by atoms with Crippen molar-refractivity contribution in [3.63, 3.8) is 0 Å². The summed E-state index contributed by atoms with van der Waals surface area (Å²) in [5.41, 5.74) is 1.20. The number of aromatic hydroxyl groups is 1. The monoisotopic (exact) mass is 402 g/mol. The highest BCUT2D eigenvalue weighted by atomic mass is 35.5. The van der Waals surface area contributed by atoms with Gasteiger partial charge in [-0.15, -0.1) is 0 Å². The Kier molecular flexibility index (Phi) is 7.24. The van der Waals surface area contributed by atoms with Crippen molar-refractivity contribution in [2.75, 3.05) is 25.2 Å². The van der Waals surface area contributed by atoms with Gasteiger partial charge in [-0.3, -0.25) is 4.79 Å².